The van der Waals surface area contributed by atoms with Crippen molar-refractivity contribution in [3.8, 4) is 0 Å². The fourth-order valence-electron chi connectivity index (χ4n) is 3.61. The predicted octanol–water partition coefficient (Wildman–Crippen LogP) is 5.37. The first-order chi connectivity index (χ1) is 16.5. The molecule has 6 nitrogen and oxygen atoms in total. The topological polar surface area (TPSA) is 57.2 Å². The van der Waals surface area contributed by atoms with Gasteiger partial charge in [0.05, 0.1) is 26.4 Å². The fourth-order valence-corrected chi connectivity index (χ4v) is 5.05. The summed E-state index contributed by atoms with van der Waals surface area (Å²) in [5, 5.41) is 0. The van der Waals surface area contributed by atoms with E-state index in [0.29, 0.717) is 38.9 Å². The second kappa shape index (κ2) is 14.1. The Hall–Kier alpha value is -1.80. The van der Waals surface area contributed by atoms with E-state index in [4.69, 9.17) is 18.9 Å². The van der Waals surface area contributed by atoms with Crippen molar-refractivity contribution in [3.63, 3.8) is 0 Å². The molecular formula is C28H45NO5S. The molecule has 35 heavy (non-hydrogen) atoms. The van der Waals surface area contributed by atoms with Crippen molar-refractivity contribution in [2.24, 2.45) is 5.41 Å². The van der Waals surface area contributed by atoms with Crippen molar-refractivity contribution in [3.05, 3.63) is 53.3 Å². The molecule has 2 rings (SSSR count). The zero-order chi connectivity index (χ0) is 25.9. The van der Waals surface area contributed by atoms with Crippen molar-refractivity contribution in [2.75, 3.05) is 65.6 Å². The van der Waals surface area contributed by atoms with E-state index in [9.17, 15) is 4.79 Å². The monoisotopic (exact) mass is 507 g/mol. The quantitative estimate of drug-likeness (QED) is 0.317. The van der Waals surface area contributed by atoms with Crippen LogP contribution >= 0.6 is 10.0 Å². The predicted molar refractivity (Wildman–Crippen MR) is 145 cm³/mol. The van der Waals surface area contributed by atoms with Crippen LogP contribution in [0.15, 0.2) is 52.6 Å². The Morgan fingerprint density at radius 2 is 1.69 bits per heavy atom. The normalized spacial score (nSPS) is 14.8. The van der Waals surface area contributed by atoms with Gasteiger partial charge in [-0.25, -0.2) is 0 Å². The summed E-state index contributed by atoms with van der Waals surface area (Å²) in [5.41, 5.74) is 2.73. The van der Waals surface area contributed by atoms with E-state index in [1.165, 1.54) is 10.5 Å². The van der Waals surface area contributed by atoms with Gasteiger partial charge in [-0.3, -0.25) is 4.79 Å². The summed E-state index contributed by atoms with van der Waals surface area (Å²) in [6.07, 6.45) is 11.2. The van der Waals surface area contributed by atoms with Gasteiger partial charge in [-0.2, -0.15) is 10.0 Å². The lowest BCUT2D eigenvalue weighted by Crippen LogP contribution is -2.30. The third-order valence-corrected chi connectivity index (χ3v) is 8.25. The summed E-state index contributed by atoms with van der Waals surface area (Å²) in [6.45, 7) is 9.31. The number of benzene rings is 1. The first-order valence-electron chi connectivity index (χ1n) is 12.3. The number of carbonyl (C=O) groups is 1. The first-order valence-corrected chi connectivity index (χ1v) is 14.9. The van der Waals surface area contributed by atoms with Crippen LogP contribution in [0.5, 0.6) is 0 Å². The number of ether oxygens (including phenoxy) is 4. The first kappa shape index (κ1) is 29.4. The maximum absolute atomic E-state index is 12.3. The minimum absolute atomic E-state index is 0.0474. The largest absolute Gasteiger partial charge is 0.485 e. The number of allylic oxidation sites excluding steroid dienone is 3. The van der Waals surface area contributed by atoms with Crippen LogP contribution < -0.4 is 0 Å². The summed E-state index contributed by atoms with van der Waals surface area (Å²) in [4.78, 5) is 15.3. The van der Waals surface area contributed by atoms with E-state index in [1.807, 2.05) is 0 Å². The van der Waals surface area contributed by atoms with Crippen LogP contribution in [0.3, 0.4) is 0 Å². The van der Waals surface area contributed by atoms with Crippen LogP contribution in [0.1, 0.15) is 39.2 Å². The van der Waals surface area contributed by atoms with Crippen LogP contribution in [0, 0.1) is 5.41 Å². The number of hydrogen-bond acceptors (Lipinski definition) is 5. The van der Waals surface area contributed by atoms with E-state index in [0.717, 1.165) is 24.2 Å². The highest BCUT2D eigenvalue weighted by Crippen LogP contribution is 2.49. The van der Waals surface area contributed by atoms with Gasteiger partial charge in [0.15, 0.2) is 0 Å². The number of likely N-dealkylation sites (N-methyl/N-ethyl adjacent to an activating group) is 1. The van der Waals surface area contributed by atoms with Gasteiger partial charge in [-0.1, -0.05) is 38.5 Å². The van der Waals surface area contributed by atoms with Gasteiger partial charge in [0.25, 0.3) is 0 Å². The second-order valence-electron chi connectivity index (χ2n) is 10.4. The number of carbonyl (C=O) groups excluding carboxylic acids is 1. The molecule has 0 aromatic heterocycles. The smallest absolute Gasteiger partial charge is 0.248 e. The maximum atomic E-state index is 12.3. The lowest BCUT2D eigenvalue weighted by atomic mass is 9.82. The molecule has 0 bridgehead atoms. The standard InChI is InChI=1S/C28H45NO5S/c1-28(2,3)24-9-8-10-25(19-24)34-22-35(6,7)26-13-11-23(12-14-26)20-29(4)27(30)21-33-18-17-32-16-15-31-5/h10-14,19H,8-9,15-18,20-22H2,1-7H3. The van der Waals surface area contributed by atoms with Gasteiger partial charge in [-0.15, -0.1) is 0 Å². The van der Waals surface area contributed by atoms with Gasteiger partial charge >= 0.3 is 0 Å². The molecule has 0 aliphatic heterocycles. The van der Waals surface area contributed by atoms with Crippen LogP contribution in [0.25, 0.3) is 0 Å². The van der Waals surface area contributed by atoms with Crippen molar-refractivity contribution < 1.29 is 23.7 Å². The van der Waals surface area contributed by atoms with Crippen LogP contribution in [0.4, 0.5) is 0 Å². The van der Waals surface area contributed by atoms with Crippen molar-refractivity contribution in [1.82, 2.24) is 4.90 Å². The van der Waals surface area contributed by atoms with E-state index >= 15 is 0 Å². The summed E-state index contributed by atoms with van der Waals surface area (Å²) in [7, 11) is 2.32. The molecule has 0 fully saturated rings. The molecule has 7 heteroatoms. The van der Waals surface area contributed by atoms with E-state index in [-0.39, 0.29) is 17.9 Å². The van der Waals surface area contributed by atoms with Crippen molar-refractivity contribution in [1.29, 1.82) is 0 Å². The number of nitrogens with zero attached hydrogens (tertiary/aromatic N) is 1. The van der Waals surface area contributed by atoms with E-state index < -0.39 is 10.0 Å². The molecule has 0 atom stereocenters. The zero-order valence-corrected chi connectivity index (χ0v) is 23.5. The van der Waals surface area contributed by atoms with Gasteiger partial charge in [-0.05, 0) is 65.5 Å². The Bertz CT molecular complexity index is 855. The summed E-state index contributed by atoms with van der Waals surface area (Å²) in [5.74, 6) is 1.65. The minimum Gasteiger partial charge on any atom is -0.485 e. The lowest BCUT2D eigenvalue weighted by molar-refractivity contribution is -0.135. The molecule has 1 aliphatic carbocycles. The highest BCUT2D eigenvalue weighted by molar-refractivity contribution is 8.32. The lowest BCUT2D eigenvalue weighted by Gasteiger charge is -2.33. The van der Waals surface area contributed by atoms with Crippen molar-refractivity contribution in [2.45, 2.75) is 45.1 Å². The molecule has 1 amide bonds. The second-order valence-corrected chi connectivity index (χ2v) is 14.2. The van der Waals surface area contributed by atoms with Crippen LogP contribution in [0.2, 0.25) is 0 Å². The van der Waals surface area contributed by atoms with Crippen LogP contribution in [-0.2, 0) is 30.3 Å². The molecule has 1 aliphatic rings. The Kier molecular flexibility index (Phi) is 11.8. The van der Waals surface area contributed by atoms with Gasteiger partial charge < -0.3 is 23.8 Å². The van der Waals surface area contributed by atoms with Crippen LogP contribution in [-0.4, -0.2) is 76.4 Å². The molecular weight excluding hydrogens is 462 g/mol. The Labute approximate surface area is 214 Å². The molecule has 198 valence electrons. The van der Waals surface area contributed by atoms with Crippen molar-refractivity contribution >= 4 is 15.9 Å². The number of methoxy groups -OCH3 is 1. The van der Waals surface area contributed by atoms with Gasteiger partial charge in [0.1, 0.15) is 18.3 Å². The molecule has 0 radical (unpaired) electrons. The maximum Gasteiger partial charge on any atom is 0.248 e. The number of amides is 1. The SMILES string of the molecule is COCCOCCOCC(=O)N(C)Cc1ccc(S(C)(C)COC2=CCCC(C(C)(C)C)=C2)cc1. The number of rotatable bonds is 14. The molecule has 0 saturated carbocycles. The molecule has 1 aromatic rings. The Morgan fingerprint density at radius 1 is 1.03 bits per heavy atom. The molecule has 1 aromatic carbocycles. The molecule has 0 unspecified atom stereocenters. The Balaban J connectivity index is 1.80. The molecule has 0 heterocycles. The summed E-state index contributed by atoms with van der Waals surface area (Å²) < 4.78 is 21.9. The third-order valence-electron chi connectivity index (χ3n) is 6.00. The fraction of sp³-hybridized carbons (Fsp3) is 0.607. The summed E-state index contributed by atoms with van der Waals surface area (Å²) >= 11 is 0. The van der Waals surface area contributed by atoms with E-state index in [2.05, 4.69) is 69.7 Å². The number of hydrogen-bond donors (Lipinski definition) is 0. The zero-order valence-electron chi connectivity index (χ0n) is 22.7. The average Bonchev–Trinajstić information content (AvgIpc) is 2.82. The molecule has 0 spiro atoms. The van der Waals surface area contributed by atoms with Gasteiger partial charge in [0, 0.05) is 20.7 Å². The summed E-state index contributed by atoms with van der Waals surface area (Å²) in [6, 6.07) is 8.56. The third kappa shape index (κ3) is 10.4. The van der Waals surface area contributed by atoms with Gasteiger partial charge in [0.2, 0.25) is 5.91 Å². The van der Waals surface area contributed by atoms with E-state index in [1.54, 1.807) is 19.1 Å². The molecule has 0 saturated heterocycles. The average molecular weight is 508 g/mol. The minimum atomic E-state index is -1.11. The highest BCUT2D eigenvalue weighted by Gasteiger charge is 2.21. The Morgan fingerprint density at radius 3 is 2.34 bits per heavy atom. The highest BCUT2D eigenvalue weighted by atomic mass is 32.3. The molecule has 0 N–H and O–H groups in total.